The van der Waals surface area contributed by atoms with Crippen LogP contribution in [0.3, 0.4) is 0 Å². The van der Waals surface area contributed by atoms with Gasteiger partial charge >= 0.3 is 0 Å². The summed E-state index contributed by atoms with van der Waals surface area (Å²) in [5.74, 6) is 0.242. The van der Waals surface area contributed by atoms with E-state index in [9.17, 15) is 4.79 Å². The van der Waals surface area contributed by atoms with Crippen LogP contribution in [0.25, 0.3) is 0 Å². The Hall–Kier alpha value is -0.790. The molecule has 0 radical (unpaired) electrons. The van der Waals surface area contributed by atoms with Gasteiger partial charge < -0.3 is 5.32 Å². The summed E-state index contributed by atoms with van der Waals surface area (Å²) in [6.45, 7) is 5.29. The van der Waals surface area contributed by atoms with Gasteiger partial charge in [-0.3, -0.25) is 4.79 Å². The first-order valence-corrected chi connectivity index (χ1v) is 9.73. The van der Waals surface area contributed by atoms with E-state index in [-0.39, 0.29) is 5.91 Å². The van der Waals surface area contributed by atoms with Crippen LogP contribution in [0.5, 0.6) is 0 Å². The van der Waals surface area contributed by atoms with Crippen LogP contribution >= 0.6 is 0 Å². The molecule has 0 aliphatic rings. The maximum atomic E-state index is 11.6. The summed E-state index contributed by atoms with van der Waals surface area (Å²) in [4.78, 5) is 11.6. The SMILES string of the molecule is CCCCC/C=C\CCCCCCCC(=O)NCCCCC. The molecule has 0 rings (SSSR count). The zero-order chi connectivity index (χ0) is 16.3. The van der Waals surface area contributed by atoms with Crippen molar-refractivity contribution in [2.24, 2.45) is 0 Å². The van der Waals surface area contributed by atoms with Crippen molar-refractivity contribution in [1.82, 2.24) is 5.32 Å². The van der Waals surface area contributed by atoms with E-state index in [1.807, 2.05) is 0 Å². The second kappa shape index (κ2) is 18.3. The third kappa shape index (κ3) is 17.3. The molecule has 0 fully saturated rings. The number of unbranched alkanes of at least 4 members (excludes halogenated alkanes) is 10. The number of carbonyl (C=O) groups is 1. The highest BCUT2D eigenvalue weighted by atomic mass is 16.1. The first-order valence-electron chi connectivity index (χ1n) is 9.73. The number of rotatable bonds is 16. The number of hydrogen-bond acceptors (Lipinski definition) is 1. The normalized spacial score (nSPS) is 11.2. The summed E-state index contributed by atoms with van der Waals surface area (Å²) in [7, 11) is 0. The lowest BCUT2D eigenvalue weighted by atomic mass is 10.1. The van der Waals surface area contributed by atoms with E-state index < -0.39 is 0 Å². The fourth-order valence-corrected chi connectivity index (χ4v) is 2.52. The van der Waals surface area contributed by atoms with Crippen LogP contribution in [0.4, 0.5) is 0 Å². The lowest BCUT2D eigenvalue weighted by Crippen LogP contribution is -2.23. The predicted molar refractivity (Wildman–Crippen MR) is 98.1 cm³/mol. The van der Waals surface area contributed by atoms with Gasteiger partial charge in [0.1, 0.15) is 0 Å². The Morgan fingerprint density at radius 3 is 1.95 bits per heavy atom. The topological polar surface area (TPSA) is 29.1 Å². The molecule has 130 valence electrons. The van der Waals surface area contributed by atoms with Gasteiger partial charge in [-0.25, -0.2) is 0 Å². The molecule has 0 heterocycles. The fourth-order valence-electron chi connectivity index (χ4n) is 2.52. The number of hydrogen-bond donors (Lipinski definition) is 1. The van der Waals surface area contributed by atoms with E-state index >= 15 is 0 Å². The van der Waals surface area contributed by atoms with E-state index in [1.54, 1.807) is 0 Å². The summed E-state index contributed by atoms with van der Waals surface area (Å²) < 4.78 is 0. The molecule has 0 aliphatic heterocycles. The summed E-state index contributed by atoms with van der Waals surface area (Å²) in [5, 5.41) is 3.01. The molecule has 0 spiro atoms. The standard InChI is InChI=1S/C20H39NO/c1-3-5-7-8-9-10-11-12-13-14-15-16-18-20(22)21-19-17-6-4-2/h9-10H,3-8,11-19H2,1-2H3,(H,21,22)/b10-9-. The molecular formula is C20H39NO. The van der Waals surface area contributed by atoms with Gasteiger partial charge in [-0.15, -0.1) is 0 Å². The minimum Gasteiger partial charge on any atom is -0.356 e. The van der Waals surface area contributed by atoms with Crippen LogP contribution in [0.15, 0.2) is 12.2 Å². The van der Waals surface area contributed by atoms with Crippen molar-refractivity contribution in [3.8, 4) is 0 Å². The molecule has 0 bridgehead atoms. The highest BCUT2D eigenvalue weighted by molar-refractivity contribution is 5.75. The van der Waals surface area contributed by atoms with Gasteiger partial charge in [-0.2, -0.15) is 0 Å². The number of nitrogens with one attached hydrogen (secondary N) is 1. The third-order valence-electron chi connectivity index (χ3n) is 4.02. The van der Waals surface area contributed by atoms with Crippen molar-refractivity contribution in [3.63, 3.8) is 0 Å². The largest absolute Gasteiger partial charge is 0.356 e. The van der Waals surface area contributed by atoms with Crippen molar-refractivity contribution >= 4 is 5.91 Å². The van der Waals surface area contributed by atoms with Gasteiger partial charge in [0.25, 0.3) is 0 Å². The molecule has 2 nitrogen and oxygen atoms in total. The van der Waals surface area contributed by atoms with Crippen molar-refractivity contribution < 1.29 is 4.79 Å². The minimum atomic E-state index is 0.242. The highest BCUT2D eigenvalue weighted by Crippen LogP contribution is 2.08. The molecular weight excluding hydrogens is 270 g/mol. The average Bonchev–Trinajstić information content (AvgIpc) is 2.52. The molecule has 0 aliphatic carbocycles. The third-order valence-corrected chi connectivity index (χ3v) is 4.02. The second-order valence-electron chi connectivity index (χ2n) is 6.33. The van der Waals surface area contributed by atoms with Crippen LogP contribution in [-0.4, -0.2) is 12.5 Å². The molecule has 0 aromatic heterocycles. The van der Waals surface area contributed by atoms with E-state index in [2.05, 4.69) is 31.3 Å². The molecule has 0 unspecified atom stereocenters. The molecule has 22 heavy (non-hydrogen) atoms. The zero-order valence-electron chi connectivity index (χ0n) is 15.2. The van der Waals surface area contributed by atoms with Crippen LogP contribution in [0.2, 0.25) is 0 Å². The summed E-state index contributed by atoms with van der Waals surface area (Å²) >= 11 is 0. The van der Waals surface area contributed by atoms with E-state index in [1.165, 1.54) is 70.6 Å². The molecule has 0 saturated carbocycles. The molecule has 1 N–H and O–H groups in total. The molecule has 0 atom stereocenters. The Labute approximate surface area is 139 Å². The number of carbonyl (C=O) groups excluding carboxylic acids is 1. The zero-order valence-corrected chi connectivity index (χ0v) is 15.2. The van der Waals surface area contributed by atoms with Crippen molar-refractivity contribution in [2.75, 3.05) is 6.54 Å². The maximum absolute atomic E-state index is 11.6. The number of allylic oxidation sites excluding steroid dienone is 2. The molecule has 2 heteroatoms. The van der Waals surface area contributed by atoms with E-state index in [0.29, 0.717) is 6.42 Å². The highest BCUT2D eigenvalue weighted by Gasteiger charge is 1.99. The molecule has 0 aromatic carbocycles. The van der Waals surface area contributed by atoms with Gasteiger partial charge in [0, 0.05) is 13.0 Å². The van der Waals surface area contributed by atoms with Crippen LogP contribution < -0.4 is 5.32 Å². The molecule has 0 aromatic rings. The summed E-state index contributed by atoms with van der Waals surface area (Å²) in [6.07, 6.45) is 21.6. The van der Waals surface area contributed by atoms with Gasteiger partial charge in [-0.1, -0.05) is 70.9 Å². The Balaban J connectivity index is 3.17. The Morgan fingerprint density at radius 1 is 0.727 bits per heavy atom. The van der Waals surface area contributed by atoms with Gasteiger partial charge in [0.2, 0.25) is 5.91 Å². The fraction of sp³-hybridized carbons (Fsp3) is 0.850. The van der Waals surface area contributed by atoms with Crippen molar-refractivity contribution in [3.05, 3.63) is 12.2 Å². The Bertz CT molecular complexity index is 260. The van der Waals surface area contributed by atoms with E-state index in [4.69, 9.17) is 0 Å². The van der Waals surface area contributed by atoms with Crippen LogP contribution in [-0.2, 0) is 4.79 Å². The second-order valence-corrected chi connectivity index (χ2v) is 6.33. The predicted octanol–water partition coefficient (Wildman–Crippen LogP) is 6.16. The van der Waals surface area contributed by atoms with Gasteiger partial charge in [0.05, 0.1) is 0 Å². The Kier molecular flexibility index (Phi) is 17.6. The van der Waals surface area contributed by atoms with Gasteiger partial charge in [0.15, 0.2) is 0 Å². The summed E-state index contributed by atoms with van der Waals surface area (Å²) in [5.41, 5.74) is 0. The Morgan fingerprint density at radius 2 is 1.27 bits per heavy atom. The lowest BCUT2D eigenvalue weighted by molar-refractivity contribution is -0.121. The first-order chi connectivity index (χ1) is 10.8. The monoisotopic (exact) mass is 309 g/mol. The lowest BCUT2D eigenvalue weighted by Gasteiger charge is -2.04. The van der Waals surface area contributed by atoms with Gasteiger partial charge in [-0.05, 0) is 38.5 Å². The first kappa shape index (κ1) is 21.2. The van der Waals surface area contributed by atoms with Crippen molar-refractivity contribution in [1.29, 1.82) is 0 Å². The average molecular weight is 310 g/mol. The molecule has 0 saturated heterocycles. The number of amides is 1. The summed E-state index contributed by atoms with van der Waals surface area (Å²) in [6, 6.07) is 0. The minimum absolute atomic E-state index is 0.242. The van der Waals surface area contributed by atoms with E-state index in [0.717, 1.165) is 19.4 Å². The van der Waals surface area contributed by atoms with Crippen LogP contribution in [0, 0.1) is 0 Å². The smallest absolute Gasteiger partial charge is 0.219 e. The van der Waals surface area contributed by atoms with Crippen LogP contribution in [0.1, 0.15) is 104 Å². The molecule has 1 amide bonds. The quantitative estimate of drug-likeness (QED) is 0.268. The van der Waals surface area contributed by atoms with Crippen molar-refractivity contribution in [2.45, 2.75) is 104 Å². The maximum Gasteiger partial charge on any atom is 0.219 e.